The SMILES string of the molecule is O=C(COC(=O)c1cc(S(=O)(=O)N2CCOCC2)c(Cl)cc1Cl)Nc1ccc([N+](=O)[O-])cc1. The Labute approximate surface area is 198 Å². The van der Waals surface area contributed by atoms with Crippen LogP contribution in [-0.4, -0.2) is 62.4 Å². The highest BCUT2D eigenvalue weighted by atomic mass is 35.5. The van der Waals surface area contributed by atoms with Gasteiger partial charge in [0.05, 0.1) is 33.7 Å². The van der Waals surface area contributed by atoms with Gasteiger partial charge < -0.3 is 14.8 Å². The standard InChI is InChI=1S/C19H17Cl2N3O8S/c20-15-10-16(21)17(33(29,30)23-5-7-31-8-6-23)9-14(15)19(26)32-11-18(25)22-12-1-3-13(4-2-12)24(27)28/h1-4,9-10H,5-8,11H2,(H,22,25). The third-order valence-corrected chi connectivity index (χ3v) is 7.20. The highest BCUT2D eigenvalue weighted by Crippen LogP contribution is 2.31. The first-order valence-electron chi connectivity index (χ1n) is 9.38. The van der Waals surface area contributed by atoms with Gasteiger partial charge in [0.2, 0.25) is 10.0 Å². The Morgan fingerprint density at radius 1 is 1.12 bits per heavy atom. The minimum Gasteiger partial charge on any atom is -0.452 e. The van der Waals surface area contributed by atoms with Crippen molar-refractivity contribution in [2.45, 2.75) is 4.90 Å². The van der Waals surface area contributed by atoms with Crippen molar-refractivity contribution < 1.29 is 32.4 Å². The lowest BCUT2D eigenvalue weighted by atomic mass is 10.2. The summed E-state index contributed by atoms with van der Waals surface area (Å²) in [6, 6.07) is 7.15. The Morgan fingerprint density at radius 3 is 2.36 bits per heavy atom. The second-order valence-electron chi connectivity index (χ2n) is 6.71. The molecule has 1 aliphatic heterocycles. The van der Waals surface area contributed by atoms with Crippen molar-refractivity contribution in [2.75, 3.05) is 38.2 Å². The van der Waals surface area contributed by atoms with Gasteiger partial charge in [0.1, 0.15) is 4.90 Å². The minimum atomic E-state index is -4.02. The molecule has 3 rings (SSSR count). The fourth-order valence-electron chi connectivity index (χ4n) is 2.88. The molecule has 1 saturated heterocycles. The summed E-state index contributed by atoms with van der Waals surface area (Å²) < 4.78 is 37.1. The topological polar surface area (TPSA) is 145 Å². The zero-order valence-electron chi connectivity index (χ0n) is 16.8. The van der Waals surface area contributed by atoms with E-state index in [4.69, 9.17) is 32.7 Å². The van der Waals surface area contributed by atoms with Crippen molar-refractivity contribution in [3.63, 3.8) is 0 Å². The maximum Gasteiger partial charge on any atom is 0.340 e. The van der Waals surface area contributed by atoms with Gasteiger partial charge in [-0.1, -0.05) is 23.2 Å². The molecule has 1 amide bonds. The summed E-state index contributed by atoms with van der Waals surface area (Å²) >= 11 is 12.1. The van der Waals surface area contributed by atoms with Crippen LogP contribution in [0, 0.1) is 10.1 Å². The van der Waals surface area contributed by atoms with Gasteiger partial charge in [0.15, 0.2) is 6.61 Å². The molecule has 0 radical (unpaired) electrons. The molecule has 33 heavy (non-hydrogen) atoms. The minimum absolute atomic E-state index is 0.129. The monoisotopic (exact) mass is 517 g/mol. The normalized spacial score (nSPS) is 14.5. The molecule has 1 fully saturated rings. The third kappa shape index (κ3) is 5.97. The summed E-state index contributed by atoms with van der Waals surface area (Å²) in [6.07, 6.45) is 0. The van der Waals surface area contributed by atoms with Gasteiger partial charge in [-0.25, -0.2) is 13.2 Å². The number of nitro groups is 1. The molecule has 2 aromatic rings. The van der Waals surface area contributed by atoms with Gasteiger partial charge in [-0.15, -0.1) is 0 Å². The number of morpholine rings is 1. The first-order valence-corrected chi connectivity index (χ1v) is 11.6. The number of hydrogen-bond donors (Lipinski definition) is 1. The van der Waals surface area contributed by atoms with Crippen LogP contribution in [0.1, 0.15) is 10.4 Å². The Morgan fingerprint density at radius 2 is 1.76 bits per heavy atom. The lowest BCUT2D eigenvalue weighted by molar-refractivity contribution is -0.384. The van der Waals surface area contributed by atoms with E-state index in [1.54, 1.807) is 0 Å². The van der Waals surface area contributed by atoms with Crippen molar-refractivity contribution in [3.05, 3.63) is 62.1 Å². The van der Waals surface area contributed by atoms with Gasteiger partial charge in [0.25, 0.3) is 11.6 Å². The molecule has 0 aliphatic carbocycles. The maximum atomic E-state index is 12.9. The molecular formula is C19H17Cl2N3O8S. The second kappa shape index (κ2) is 10.4. The molecule has 0 unspecified atom stereocenters. The number of rotatable bonds is 7. The van der Waals surface area contributed by atoms with Crippen LogP contribution in [0.2, 0.25) is 10.0 Å². The molecule has 0 spiro atoms. The summed E-state index contributed by atoms with van der Waals surface area (Å²) in [7, 11) is -4.02. The van der Waals surface area contributed by atoms with Crippen LogP contribution in [0.25, 0.3) is 0 Å². The van der Waals surface area contributed by atoms with Gasteiger partial charge >= 0.3 is 5.97 Å². The number of sulfonamides is 1. The lowest BCUT2D eigenvalue weighted by Crippen LogP contribution is -2.40. The van der Waals surface area contributed by atoms with Crippen LogP contribution >= 0.6 is 23.2 Å². The van der Waals surface area contributed by atoms with Crippen molar-refractivity contribution in [3.8, 4) is 0 Å². The van der Waals surface area contributed by atoms with Gasteiger partial charge in [-0.2, -0.15) is 4.31 Å². The molecular weight excluding hydrogens is 501 g/mol. The van der Waals surface area contributed by atoms with E-state index < -0.39 is 33.4 Å². The van der Waals surface area contributed by atoms with E-state index in [1.165, 1.54) is 28.6 Å². The number of nitrogens with one attached hydrogen (secondary N) is 1. The first kappa shape index (κ1) is 24.9. The van der Waals surface area contributed by atoms with Crippen molar-refractivity contribution in [2.24, 2.45) is 0 Å². The van der Waals surface area contributed by atoms with Gasteiger partial charge in [0, 0.05) is 30.9 Å². The molecule has 0 bridgehead atoms. The third-order valence-electron chi connectivity index (χ3n) is 4.53. The Kier molecular flexibility index (Phi) is 7.87. The van der Waals surface area contributed by atoms with Crippen LogP contribution in [-0.2, 0) is 24.3 Å². The molecule has 14 heteroatoms. The predicted octanol–water partition coefficient (Wildman–Crippen LogP) is 2.72. The van der Waals surface area contributed by atoms with Crippen LogP contribution in [0.15, 0.2) is 41.3 Å². The van der Waals surface area contributed by atoms with Crippen LogP contribution in [0.5, 0.6) is 0 Å². The number of ether oxygens (including phenoxy) is 2. The Bertz CT molecular complexity index is 1180. The molecule has 0 aromatic heterocycles. The number of anilines is 1. The number of nitrogens with zero attached hydrogens (tertiary/aromatic N) is 2. The Hall–Kier alpha value is -2.77. The van der Waals surface area contributed by atoms with Crippen molar-refractivity contribution in [1.29, 1.82) is 0 Å². The highest BCUT2D eigenvalue weighted by molar-refractivity contribution is 7.89. The predicted molar refractivity (Wildman–Crippen MR) is 118 cm³/mol. The summed E-state index contributed by atoms with van der Waals surface area (Å²) in [5.74, 6) is -1.75. The smallest absolute Gasteiger partial charge is 0.340 e. The molecule has 0 atom stereocenters. The average molecular weight is 518 g/mol. The molecule has 0 saturated carbocycles. The van der Waals surface area contributed by atoms with E-state index in [2.05, 4.69) is 5.32 Å². The molecule has 1 N–H and O–H groups in total. The zero-order valence-corrected chi connectivity index (χ0v) is 19.2. The van der Waals surface area contributed by atoms with Crippen LogP contribution < -0.4 is 5.32 Å². The van der Waals surface area contributed by atoms with Crippen molar-refractivity contribution >= 4 is 56.5 Å². The molecule has 1 aliphatic rings. The molecule has 1 heterocycles. The zero-order chi connectivity index (χ0) is 24.2. The number of amides is 1. The summed E-state index contributed by atoms with van der Waals surface area (Å²) in [6.45, 7) is 0.000506. The van der Waals surface area contributed by atoms with Crippen molar-refractivity contribution in [1.82, 2.24) is 4.31 Å². The second-order valence-corrected chi connectivity index (χ2v) is 9.43. The van der Waals surface area contributed by atoms with E-state index in [9.17, 15) is 28.1 Å². The van der Waals surface area contributed by atoms with Crippen LogP contribution in [0.3, 0.4) is 0 Å². The number of nitro benzene ring substituents is 1. The highest BCUT2D eigenvalue weighted by Gasteiger charge is 2.30. The fourth-order valence-corrected chi connectivity index (χ4v) is 5.11. The van der Waals surface area contributed by atoms with E-state index >= 15 is 0 Å². The van der Waals surface area contributed by atoms with E-state index in [1.807, 2.05) is 0 Å². The Balaban J connectivity index is 1.69. The van der Waals surface area contributed by atoms with E-state index in [0.717, 1.165) is 12.1 Å². The number of benzene rings is 2. The largest absolute Gasteiger partial charge is 0.452 e. The first-order chi connectivity index (χ1) is 15.6. The summed E-state index contributed by atoms with van der Waals surface area (Å²) in [4.78, 5) is 34.3. The average Bonchev–Trinajstić information content (AvgIpc) is 2.78. The van der Waals surface area contributed by atoms with Gasteiger partial charge in [-0.3, -0.25) is 14.9 Å². The number of carbonyl (C=O) groups excluding carboxylic acids is 2. The maximum absolute atomic E-state index is 12.9. The van der Waals surface area contributed by atoms with E-state index in [-0.39, 0.29) is 58.2 Å². The number of halogens is 2. The number of esters is 1. The lowest BCUT2D eigenvalue weighted by Gasteiger charge is -2.26. The fraction of sp³-hybridized carbons (Fsp3) is 0.263. The van der Waals surface area contributed by atoms with Crippen LogP contribution in [0.4, 0.5) is 11.4 Å². The molecule has 176 valence electrons. The van der Waals surface area contributed by atoms with E-state index in [0.29, 0.717) is 0 Å². The van der Waals surface area contributed by atoms with Gasteiger partial charge in [-0.05, 0) is 24.3 Å². The summed E-state index contributed by atoms with van der Waals surface area (Å²) in [5.41, 5.74) is -0.180. The number of carbonyl (C=O) groups is 2. The number of non-ortho nitro benzene ring substituents is 1. The number of hydrogen-bond acceptors (Lipinski definition) is 8. The molecule has 11 nitrogen and oxygen atoms in total. The molecule has 2 aromatic carbocycles. The summed E-state index contributed by atoms with van der Waals surface area (Å²) in [5, 5.41) is 12.8. The quantitative estimate of drug-likeness (QED) is 0.335.